The molecule has 7 nitrogen and oxygen atoms in total. The number of esters is 2. The lowest BCUT2D eigenvalue weighted by atomic mass is 10.1. The van der Waals surface area contributed by atoms with Crippen LogP contribution in [0.1, 0.15) is 12.0 Å². The largest absolute Gasteiger partial charge is 0.493 e. The van der Waals surface area contributed by atoms with Crippen molar-refractivity contribution in [3.63, 3.8) is 0 Å². The van der Waals surface area contributed by atoms with Crippen molar-refractivity contribution >= 4 is 18.0 Å². The van der Waals surface area contributed by atoms with Crippen LogP contribution in [0.15, 0.2) is 17.7 Å². The normalized spacial score (nSPS) is 10.7. The Labute approximate surface area is 134 Å². The first-order valence-corrected chi connectivity index (χ1v) is 6.66. The van der Waals surface area contributed by atoms with Crippen molar-refractivity contribution in [2.45, 2.75) is 6.42 Å². The van der Waals surface area contributed by atoms with Gasteiger partial charge in [0.2, 0.25) is 5.75 Å². The number of rotatable bonds is 7. The Morgan fingerprint density at radius 2 is 1.48 bits per heavy atom. The van der Waals surface area contributed by atoms with Gasteiger partial charge >= 0.3 is 11.9 Å². The fourth-order valence-corrected chi connectivity index (χ4v) is 1.93. The molecule has 0 spiro atoms. The van der Waals surface area contributed by atoms with Crippen LogP contribution in [0.2, 0.25) is 0 Å². The molecule has 0 N–H and O–H groups in total. The summed E-state index contributed by atoms with van der Waals surface area (Å²) in [7, 11) is 6.95. The Balaban J connectivity index is 3.34. The third-order valence-corrected chi connectivity index (χ3v) is 3.04. The molecular formula is C16H20O7. The van der Waals surface area contributed by atoms with Crippen LogP contribution in [0.5, 0.6) is 17.2 Å². The average Bonchev–Trinajstić information content (AvgIpc) is 2.58. The van der Waals surface area contributed by atoms with Crippen LogP contribution in [0.25, 0.3) is 6.08 Å². The van der Waals surface area contributed by atoms with E-state index in [0.717, 1.165) is 0 Å². The number of carbonyl (C=O) groups is 2. The topological polar surface area (TPSA) is 80.3 Å². The summed E-state index contributed by atoms with van der Waals surface area (Å²) >= 11 is 0. The summed E-state index contributed by atoms with van der Waals surface area (Å²) in [4.78, 5) is 23.3. The molecule has 0 aliphatic heterocycles. The number of ether oxygens (including phenoxy) is 5. The summed E-state index contributed by atoms with van der Waals surface area (Å²) in [6.07, 6.45) is 1.30. The molecule has 0 saturated carbocycles. The van der Waals surface area contributed by atoms with Gasteiger partial charge in [-0.25, -0.2) is 4.79 Å². The first kappa shape index (κ1) is 18.3. The maximum Gasteiger partial charge on any atom is 0.334 e. The van der Waals surface area contributed by atoms with Gasteiger partial charge < -0.3 is 23.7 Å². The minimum atomic E-state index is -0.621. The van der Waals surface area contributed by atoms with E-state index in [1.165, 1.54) is 41.6 Å². The van der Waals surface area contributed by atoms with Crippen LogP contribution in [0, 0.1) is 0 Å². The SMILES string of the molecule is COC(=O)CC(=Cc1cc(OC)c(OC)c(OC)c1)C(=O)OC. The highest BCUT2D eigenvalue weighted by atomic mass is 16.5. The summed E-state index contributed by atoms with van der Waals surface area (Å²) in [6.45, 7) is 0. The van der Waals surface area contributed by atoms with Gasteiger partial charge in [0, 0.05) is 5.57 Å². The van der Waals surface area contributed by atoms with Crippen molar-refractivity contribution in [3.05, 3.63) is 23.3 Å². The van der Waals surface area contributed by atoms with Gasteiger partial charge in [-0.15, -0.1) is 0 Å². The minimum Gasteiger partial charge on any atom is -0.493 e. The molecule has 0 saturated heterocycles. The van der Waals surface area contributed by atoms with E-state index in [1.54, 1.807) is 12.1 Å². The molecule has 0 radical (unpaired) electrons. The molecule has 0 unspecified atom stereocenters. The zero-order chi connectivity index (χ0) is 17.4. The number of methoxy groups -OCH3 is 5. The molecule has 0 aromatic heterocycles. The fourth-order valence-electron chi connectivity index (χ4n) is 1.93. The highest BCUT2D eigenvalue weighted by Crippen LogP contribution is 2.38. The Kier molecular flexibility index (Phi) is 6.92. The maximum absolute atomic E-state index is 11.8. The summed E-state index contributed by atoms with van der Waals surface area (Å²) in [5.41, 5.74) is 0.734. The van der Waals surface area contributed by atoms with Crippen LogP contribution in [-0.2, 0) is 19.1 Å². The van der Waals surface area contributed by atoms with Gasteiger partial charge in [-0.1, -0.05) is 0 Å². The van der Waals surface area contributed by atoms with Crippen LogP contribution in [0.3, 0.4) is 0 Å². The molecule has 0 heterocycles. The van der Waals surface area contributed by atoms with Gasteiger partial charge in [-0.05, 0) is 23.8 Å². The third kappa shape index (κ3) is 4.64. The number of carbonyl (C=O) groups excluding carboxylic acids is 2. The van der Waals surface area contributed by atoms with Crippen molar-refractivity contribution in [3.8, 4) is 17.2 Å². The van der Waals surface area contributed by atoms with E-state index in [1.807, 2.05) is 0 Å². The van der Waals surface area contributed by atoms with Gasteiger partial charge in [0.25, 0.3) is 0 Å². The van der Waals surface area contributed by atoms with E-state index in [4.69, 9.17) is 14.2 Å². The number of benzene rings is 1. The lowest BCUT2D eigenvalue weighted by Gasteiger charge is -2.13. The molecule has 7 heteroatoms. The smallest absolute Gasteiger partial charge is 0.334 e. The van der Waals surface area contributed by atoms with Gasteiger partial charge in [-0.3, -0.25) is 4.79 Å². The van der Waals surface area contributed by atoms with Crippen molar-refractivity contribution in [1.29, 1.82) is 0 Å². The maximum atomic E-state index is 11.8. The first-order chi connectivity index (χ1) is 11.0. The molecule has 1 aromatic carbocycles. The lowest BCUT2D eigenvalue weighted by Crippen LogP contribution is -2.11. The molecule has 0 fully saturated rings. The molecule has 0 aliphatic carbocycles. The van der Waals surface area contributed by atoms with Gasteiger partial charge in [-0.2, -0.15) is 0 Å². The fraction of sp³-hybridized carbons (Fsp3) is 0.375. The number of hydrogen-bond acceptors (Lipinski definition) is 7. The molecule has 0 amide bonds. The summed E-state index contributed by atoms with van der Waals surface area (Å²) in [5, 5.41) is 0. The van der Waals surface area contributed by atoms with Crippen molar-refractivity contribution in [2.75, 3.05) is 35.5 Å². The second-order valence-corrected chi connectivity index (χ2v) is 4.37. The molecule has 1 rings (SSSR count). The third-order valence-electron chi connectivity index (χ3n) is 3.04. The van der Waals surface area contributed by atoms with Gasteiger partial charge in [0.15, 0.2) is 11.5 Å². The van der Waals surface area contributed by atoms with Crippen LogP contribution >= 0.6 is 0 Å². The van der Waals surface area contributed by atoms with Gasteiger partial charge in [0.05, 0.1) is 42.0 Å². The molecule has 1 aromatic rings. The average molecular weight is 324 g/mol. The Hall–Kier alpha value is -2.70. The lowest BCUT2D eigenvalue weighted by molar-refractivity contribution is -0.143. The number of hydrogen-bond donors (Lipinski definition) is 0. The summed E-state index contributed by atoms with van der Waals surface area (Å²) < 4.78 is 25.0. The Morgan fingerprint density at radius 1 is 0.913 bits per heavy atom. The van der Waals surface area contributed by atoms with E-state index in [2.05, 4.69) is 9.47 Å². The summed E-state index contributed by atoms with van der Waals surface area (Å²) in [5.74, 6) is 0.124. The molecule has 23 heavy (non-hydrogen) atoms. The quantitative estimate of drug-likeness (QED) is 0.559. The van der Waals surface area contributed by atoms with E-state index in [0.29, 0.717) is 22.8 Å². The Morgan fingerprint density at radius 3 is 1.87 bits per heavy atom. The molecule has 126 valence electrons. The van der Waals surface area contributed by atoms with Crippen LogP contribution in [-0.4, -0.2) is 47.5 Å². The van der Waals surface area contributed by atoms with Crippen LogP contribution < -0.4 is 14.2 Å². The van der Waals surface area contributed by atoms with Crippen LogP contribution in [0.4, 0.5) is 0 Å². The predicted octanol–water partition coefficient (Wildman–Crippen LogP) is 1.83. The molecule has 0 aliphatic rings. The molecule has 0 atom stereocenters. The Bertz CT molecular complexity index is 579. The molecular weight excluding hydrogens is 304 g/mol. The molecule has 0 bridgehead atoms. The zero-order valence-corrected chi connectivity index (χ0v) is 13.8. The van der Waals surface area contributed by atoms with E-state index in [-0.39, 0.29) is 12.0 Å². The predicted molar refractivity (Wildman–Crippen MR) is 82.7 cm³/mol. The van der Waals surface area contributed by atoms with E-state index >= 15 is 0 Å². The zero-order valence-electron chi connectivity index (χ0n) is 13.8. The second-order valence-electron chi connectivity index (χ2n) is 4.37. The van der Waals surface area contributed by atoms with Gasteiger partial charge in [0.1, 0.15) is 0 Å². The summed E-state index contributed by atoms with van der Waals surface area (Å²) in [6, 6.07) is 3.31. The minimum absolute atomic E-state index is 0.147. The highest BCUT2D eigenvalue weighted by Gasteiger charge is 2.17. The second kappa shape index (κ2) is 8.67. The van der Waals surface area contributed by atoms with Crippen molar-refractivity contribution in [2.24, 2.45) is 0 Å². The highest BCUT2D eigenvalue weighted by molar-refractivity contribution is 5.98. The monoisotopic (exact) mass is 324 g/mol. The first-order valence-electron chi connectivity index (χ1n) is 6.66. The standard InChI is InChI=1S/C16H20O7/c1-19-12-7-10(8-13(20-2)15(12)22-4)6-11(16(18)23-5)9-14(17)21-3/h6-8H,9H2,1-5H3. The van der Waals surface area contributed by atoms with E-state index in [9.17, 15) is 9.59 Å². The van der Waals surface area contributed by atoms with Crippen molar-refractivity contribution in [1.82, 2.24) is 0 Å². The van der Waals surface area contributed by atoms with E-state index < -0.39 is 11.9 Å². The van der Waals surface area contributed by atoms with Crippen molar-refractivity contribution < 1.29 is 33.3 Å².